The van der Waals surface area contributed by atoms with Gasteiger partial charge in [-0.15, -0.1) is 24.8 Å². The predicted molar refractivity (Wildman–Crippen MR) is 85.9 cm³/mol. The molecule has 2 rings (SSSR count). The third-order valence-electron chi connectivity index (χ3n) is 2.92. The Hall–Kier alpha value is -1.39. The lowest BCUT2D eigenvalue weighted by Gasteiger charge is -2.07. The molecule has 0 saturated carbocycles. The highest BCUT2D eigenvalue weighted by molar-refractivity contribution is 5.92. The van der Waals surface area contributed by atoms with Gasteiger partial charge in [0.2, 0.25) is 5.82 Å². The molecule has 1 heterocycles. The summed E-state index contributed by atoms with van der Waals surface area (Å²) in [5.74, 6) is -0.465. The molecule has 20 heavy (non-hydrogen) atoms. The Morgan fingerprint density at radius 3 is 2.55 bits per heavy atom. The van der Waals surface area contributed by atoms with Crippen LogP contribution in [0.2, 0.25) is 0 Å². The number of primary amides is 1. The molecule has 110 valence electrons. The lowest BCUT2D eigenvalue weighted by Crippen LogP contribution is -2.16. The molecule has 0 aliphatic heterocycles. The summed E-state index contributed by atoms with van der Waals surface area (Å²) in [7, 11) is 0. The number of benzene rings is 1. The van der Waals surface area contributed by atoms with Gasteiger partial charge in [-0.3, -0.25) is 4.79 Å². The summed E-state index contributed by atoms with van der Waals surface area (Å²) >= 11 is 0. The Labute approximate surface area is 131 Å². The minimum Gasteiger partial charge on any atom is -0.363 e. The van der Waals surface area contributed by atoms with E-state index in [0.29, 0.717) is 0 Å². The molecular weight excluding hydrogens is 297 g/mol. The van der Waals surface area contributed by atoms with Gasteiger partial charge in [-0.1, -0.05) is 25.0 Å². The van der Waals surface area contributed by atoms with Gasteiger partial charge < -0.3 is 5.73 Å². The molecule has 0 spiro atoms. The summed E-state index contributed by atoms with van der Waals surface area (Å²) in [4.78, 5) is 19.7. The fraction of sp³-hybridized carbons (Fsp3) is 0.357. The molecule has 0 bridgehead atoms. The molecule has 1 amide bonds. The summed E-state index contributed by atoms with van der Waals surface area (Å²) in [5.41, 5.74) is 8.13. The maximum atomic E-state index is 11.2. The summed E-state index contributed by atoms with van der Waals surface area (Å²) in [6.45, 7) is 4.16. The van der Waals surface area contributed by atoms with E-state index in [4.69, 9.17) is 5.73 Å². The van der Waals surface area contributed by atoms with Crippen LogP contribution in [0.15, 0.2) is 18.2 Å². The van der Waals surface area contributed by atoms with Gasteiger partial charge in [-0.25, -0.2) is 9.97 Å². The number of aromatic nitrogens is 2. The van der Waals surface area contributed by atoms with Crippen LogP contribution in [0, 0.1) is 6.92 Å². The number of aryl methyl sites for hydroxylation is 2. The minimum atomic E-state index is -0.574. The van der Waals surface area contributed by atoms with Gasteiger partial charge in [-0.05, 0) is 31.9 Å². The van der Waals surface area contributed by atoms with E-state index in [-0.39, 0.29) is 30.6 Å². The maximum absolute atomic E-state index is 11.2. The molecule has 0 aliphatic rings. The number of amides is 1. The molecule has 0 atom stereocenters. The van der Waals surface area contributed by atoms with E-state index in [9.17, 15) is 4.79 Å². The van der Waals surface area contributed by atoms with Gasteiger partial charge >= 0.3 is 0 Å². The van der Waals surface area contributed by atoms with Crippen molar-refractivity contribution < 1.29 is 4.79 Å². The number of rotatable bonds is 4. The molecule has 0 unspecified atom stereocenters. The van der Waals surface area contributed by atoms with Crippen LogP contribution in [0.3, 0.4) is 0 Å². The second-order valence-corrected chi connectivity index (χ2v) is 4.48. The van der Waals surface area contributed by atoms with E-state index in [0.717, 1.165) is 41.4 Å². The van der Waals surface area contributed by atoms with Gasteiger partial charge in [0.15, 0.2) is 0 Å². The normalized spacial score (nSPS) is 9.70. The van der Waals surface area contributed by atoms with Crippen LogP contribution < -0.4 is 5.73 Å². The van der Waals surface area contributed by atoms with Gasteiger partial charge in [0.05, 0.1) is 11.2 Å². The van der Waals surface area contributed by atoms with Crippen molar-refractivity contribution in [2.75, 3.05) is 0 Å². The van der Waals surface area contributed by atoms with Crippen LogP contribution in [0.25, 0.3) is 10.9 Å². The van der Waals surface area contributed by atoms with Crippen LogP contribution in [0.5, 0.6) is 0 Å². The van der Waals surface area contributed by atoms with Crippen LogP contribution in [-0.4, -0.2) is 15.9 Å². The Balaban J connectivity index is 0.00000180. The summed E-state index contributed by atoms with van der Waals surface area (Å²) in [6.07, 6.45) is 2.97. The highest BCUT2D eigenvalue weighted by atomic mass is 35.5. The number of hydrogen-bond donors (Lipinski definition) is 1. The van der Waals surface area contributed by atoms with Crippen LogP contribution in [0.1, 0.15) is 41.6 Å². The van der Waals surface area contributed by atoms with E-state index in [1.54, 1.807) is 0 Å². The standard InChI is InChI=1S/C14H17N3O.2ClH/c1-3-4-5-11-10-8-9(2)6-7-12(10)17-14(16-11)13(15)18;;/h6-8H,3-5H2,1-2H3,(H2,15,18);2*1H. The Kier molecular flexibility index (Phi) is 7.46. The average molecular weight is 316 g/mol. The molecule has 0 aliphatic carbocycles. The minimum absolute atomic E-state index is 0. The third-order valence-corrected chi connectivity index (χ3v) is 2.92. The molecule has 0 radical (unpaired) electrons. The molecule has 0 fully saturated rings. The molecule has 2 N–H and O–H groups in total. The average Bonchev–Trinajstić information content (AvgIpc) is 2.35. The number of halogens is 2. The first-order valence-corrected chi connectivity index (χ1v) is 6.19. The number of nitrogens with zero attached hydrogens (tertiary/aromatic N) is 2. The topological polar surface area (TPSA) is 68.9 Å². The monoisotopic (exact) mass is 315 g/mol. The van der Waals surface area contributed by atoms with E-state index in [2.05, 4.69) is 23.0 Å². The third kappa shape index (κ3) is 4.05. The molecular formula is C14H19Cl2N3O. The Morgan fingerprint density at radius 1 is 1.25 bits per heavy atom. The van der Waals surface area contributed by atoms with Crippen molar-refractivity contribution >= 4 is 41.6 Å². The predicted octanol–water partition coefficient (Wildman–Crippen LogP) is 3.22. The van der Waals surface area contributed by atoms with E-state index >= 15 is 0 Å². The summed E-state index contributed by atoms with van der Waals surface area (Å²) in [5, 5.41) is 1.02. The first-order valence-electron chi connectivity index (χ1n) is 6.19. The van der Waals surface area contributed by atoms with Gasteiger partial charge in [-0.2, -0.15) is 0 Å². The lowest BCUT2D eigenvalue weighted by molar-refractivity contribution is 0.0990. The zero-order valence-electron chi connectivity index (χ0n) is 11.5. The summed E-state index contributed by atoms with van der Waals surface area (Å²) in [6, 6.07) is 5.95. The number of hydrogen-bond acceptors (Lipinski definition) is 3. The highest BCUT2D eigenvalue weighted by Crippen LogP contribution is 2.19. The van der Waals surface area contributed by atoms with Crippen molar-refractivity contribution in [1.82, 2.24) is 9.97 Å². The molecule has 0 saturated heterocycles. The SMILES string of the molecule is CCCCc1nc(C(N)=O)nc2ccc(C)cc12.Cl.Cl. The fourth-order valence-electron chi connectivity index (χ4n) is 1.95. The van der Waals surface area contributed by atoms with Crippen molar-refractivity contribution in [3.8, 4) is 0 Å². The van der Waals surface area contributed by atoms with Crippen LogP contribution in [-0.2, 0) is 6.42 Å². The van der Waals surface area contributed by atoms with Crippen molar-refractivity contribution in [2.24, 2.45) is 5.73 Å². The van der Waals surface area contributed by atoms with Crippen molar-refractivity contribution in [1.29, 1.82) is 0 Å². The first-order chi connectivity index (χ1) is 8.61. The smallest absolute Gasteiger partial charge is 0.286 e. The largest absolute Gasteiger partial charge is 0.363 e. The van der Waals surface area contributed by atoms with E-state index < -0.39 is 5.91 Å². The fourth-order valence-corrected chi connectivity index (χ4v) is 1.95. The number of fused-ring (bicyclic) bond motifs is 1. The number of nitrogens with two attached hydrogens (primary N) is 1. The highest BCUT2D eigenvalue weighted by Gasteiger charge is 2.11. The molecule has 1 aromatic heterocycles. The zero-order valence-corrected chi connectivity index (χ0v) is 13.2. The number of carbonyl (C=O) groups is 1. The lowest BCUT2D eigenvalue weighted by atomic mass is 10.1. The number of carbonyl (C=O) groups excluding carboxylic acids is 1. The molecule has 4 nitrogen and oxygen atoms in total. The molecule has 2 aromatic rings. The van der Waals surface area contributed by atoms with Gasteiger partial charge in [0.1, 0.15) is 0 Å². The molecule has 6 heteroatoms. The van der Waals surface area contributed by atoms with Crippen molar-refractivity contribution in [3.05, 3.63) is 35.3 Å². The van der Waals surface area contributed by atoms with E-state index in [1.807, 2.05) is 19.1 Å². The Bertz CT molecular complexity index is 602. The quantitative estimate of drug-likeness (QED) is 0.941. The Morgan fingerprint density at radius 2 is 1.95 bits per heavy atom. The second-order valence-electron chi connectivity index (χ2n) is 4.48. The first kappa shape index (κ1) is 18.6. The second kappa shape index (κ2) is 8.02. The van der Waals surface area contributed by atoms with Crippen LogP contribution in [0.4, 0.5) is 0 Å². The maximum Gasteiger partial charge on any atom is 0.286 e. The van der Waals surface area contributed by atoms with Gasteiger partial charge in [0, 0.05) is 5.39 Å². The van der Waals surface area contributed by atoms with Crippen LogP contribution >= 0.6 is 24.8 Å². The summed E-state index contributed by atoms with van der Waals surface area (Å²) < 4.78 is 0. The van der Waals surface area contributed by atoms with Crippen molar-refractivity contribution in [3.63, 3.8) is 0 Å². The van der Waals surface area contributed by atoms with Crippen molar-refractivity contribution in [2.45, 2.75) is 33.1 Å². The zero-order chi connectivity index (χ0) is 13.1. The molecule has 1 aromatic carbocycles. The van der Waals surface area contributed by atoms with Gasteiger partial charge in [0.25, 0.3) is 5.91 Å². The van der Waals surface area contributed by atoms with E-state index in [1.165, 1.54) is 0 Å². The number of unbranched alkanes of at least 4 members (excludes halogenated alkanes) is 1.